The van der Waals surface area contributed by atoms with Gasteiger partial charge in [-0.3, -0.25) is 4.79 Å². The second-order valence-electron chi connectivity index (χ2n) is 5.67. The maximum atomic E-state index is 12.6. The van der Waals surface area contributed by atoms with Crippen LogP contribution in [0.4, 0.5) is 0 Å². The Hall–Kier alpha value is -1.36. The third-order valence-corrected chi connectivity index (χ3v) is 3.76. The van der Waals surface area contributed by atoms with Crippen molar-refractivity contribution in [3.8, 4) is 0 Å². The third-order valence-electron chi connectivity index (χ3n) is 3.76. The van der Waals surface area contributed by atoms with Crippen molar-refractivity contribution in [2.45, 2.75) is 52.6 Å². The Kier molecular flexibility index (Phi) is 3.94. The van der Waals surface area contributed by atoms with Gasteiger partial charge in [0, 0.05) is 30.7 Å². The average molecular weight is 265 g/mol. The topological polar surface area (TPSA) is 58.4 Å². The molecule has 3 atom stereocenters. The van der Waals surface area contributed by atoms with Crippen LogP contribution in [0.5, 0.6) is 0 Å². The van der Waals surface area contributed by atoms with Gasteiger partial charge in [0.1, 0.15) is 5.76 Å². The molecule has 1 aliphatic heterocycles. The standard InChI is InChI=1S/C14H23N3O2/c1-8-6-17(7-9(2)15-8)14(18)10(3)13-11(4)16-19-12(13)5/h8-10,15H,6-7H2,1-5H3. The second kappa shape index (κ2) is 5.33. The van der Waals surface area contributed by atoms with E-state index in [-0.39, 0.29) is 11.8 Å². The molecular formula is C14H23N3O2. The summed E-state index contributed by atoms with van der Waals surface area (Å²) in [7, 11) is 0. The number of carbonyl (C=O) groups is 1. The van der Waals surface area contributed by atoms with Gasteiger partial charge < -0.3 is 14.7 Å². The number of hydrogen-bond donors (Lipinski definition) is 1. The quantitative estimate of drug-likeness (QED) is 0.882. The van der Waals surface area contributed by atoms with Crippen molar-refractivity contribution in [3.63, 3.8) is 0 Å². The third kappa shape index (κ3) is 2.81. The lowest BCUT2D eigenvalue weighted by atomic mass is 9.97. The molecule has 0 bridgehead atoms. The summed E-state index contributed by atoms with van der Waals surface area (Å²) in [4.78, 5) is 14.6. The summed E-state index contributed by atoms with van der Waals surface area (Å²) in [5.41, 5.74) is 1.75. The van der Waals surface area contributed by atoms with Crippen molar-refractivity contribution >= 4 is 5.91 Å². The molecule has 1 aromatic heterocycles. The minimum Gasteiger partial charge on any atom is -0.361 e. The molecule has 5 heteroatoms. The molecule has 106 valence electrons. The van der Waals surface area contributed by atoms with Gasteiger partial charge in [-0.05, 0) is 34.6 Å². The maximum Gasteiger partial charge on any atom is 0.230 e. The molecule has 5 nitrogen and oxygen atoms in total. The predicted octanol–water partition coefficient (Wildman–Crippen LogP) is 1.60. The van der Waals surface area contributed by atoms with Crippen molar-refractivity contribution in [1.29, 1.82) is 0 Å². The van der Waals surface area contributed by atoms with Crippen LogP contribution in [0.25, 0.3) is 0 Å². The first kappa shape index (κ1) is 14.1. The molecule has 2 heterocycles. The molecule has 0 saturated carbocycles. The molecule has 1 fully saturated rings. The molecule has 1 saturated heterocycles. The summed E-state index contributed by atoms with van der Waals surface area (Å²) in [5, 5.41) is 7.37. The summed E-state index contributed by atoms with van der Waals surface area (Å²) in [6, 6.07) is 0.675. The zero-order chi connectivity index (χ0) is 14.2. The number of aromatic nitrogens is 1. The molecule has 0 aliphatic carbocycles. The average Bonchev–Trinajstić information content (AvgIpc) is 2.66. The van der Waals surface area contributed by atoms with Crippen LogP contribution in [0.3, 0.4) is 0 Å². The number of hydrogen-bond acceptors (Lipinski definition) is 4. The van der Waals surface area contributed by atoms with Crippen molar-refractivity contribution in [1.82, 2.24) is 15.4 Å². The summed E-state index contributed by atoms with van der Waals surface area (Å²) in [5.74, 6) is 0.716. The fraction of sp³-hybridized carbons (Fsp3) is 0.714. The van der Waals surface area contributed by atoms with Crippen molar-refractivity contribution in [2.24, 2.45) is 0 Å². The van der Waals surface area contributed by atoms with Gasteiger partial charge in [-0.15, -0.1) is 0 Å². The van der Waals surface area contributed by atoms with Crippen LogP contribution >= 0.6 is 0 Å². The van der Waals surface area contributed by atoms with E-state index in [1.807, 2.05) is 25.7 Å². The molecule has 1 aliphatic rings. The highest BCUT2D eigenvalue weighted by atomic mass is 16.5. The highest BCUT2D eigenvalue weighted by molar-refractivity contribution is 5.84. The monoisotopic (exact) mass is 265 g/mol. The van der Waals surface area contributed by atoms with Gasteiger partial charge in [-0.25, -0.2) is 0 Å². The largest absolute Gasteiger partial charge is 0.361 e. The number of amides is 1. The van der Waals surface area contributed by atoms with Gasteiger partial charge in [0.2, 0.25) is 5.91 Å². The predicted molar refractivity (Wildman–Crippen MR) is 73.0 cm³/mol. The molecule has 1 amide bonds. The van der Waals surface area contributed by atoms with E-state index >= 15 is 0 Å². The minimum atomic E-state index is -0.191. The molecule has 0 aromatic carbocycles. The van der Waals surface area contributed by atoms with Crippen LogP contribution in [0, 0.1) is 13.8 Å². The van der Waals surface area contributed by atoms with Gasteiger partial charge in [-0.2, -0.15) is 0 Å². The smallest absolute Gasteiger partial charge is 0.230 e. The highest BCUT2D eigenvalue weighted by Crippen LogP contribution is 2.25. The number of rotatable bonds is 2. The number of nitrogens with one attached hydrogen (secondary N) is 1. The Morgan fingerprint density at radius 1 is 1.37 bits per heavy atom. The first-order chi connectivity index (χ1) is 8.90. The Labute approximate surface area is 114 Å². The lowest BCUT2D eigenvalue weighted by molar-refractivity contribution is -0.134. The van der Waals surface area contributed by atoms with E-state index in [0.29, 0.717) is 12.1 Å². The number of nitrogens with zero attached hydrogens (tertiary/aromatic N) is 2. The zero-order valence-electron chi connectivity index (χ0n) is 12.4. The summed E-state index contributed by atoms with van der Waals surface area (Å²) in [6.45, 7) is 11.4. The van der Waals surface area contributed by atoms with Gasteiger partial charge in [-0.1, -0.05) is 5.16 Å². The van der Waals surface area contributed by atoms with E-state index in [0.717, 1.165) is 30.1 Å². The van der Waals surface area contributed by atoms with Crippen LogP contribution in [0.1, 0.15) is 43.7 Å². The summed E-state index contributed by atoms with van der Waals surface area (Å²) >= 11 is 0. The van der Waals surface area contributed by atoms with E-state index in [9.17, 15) is 4.79 Å². The van der Waals surface area contributed by atoms with Crippen LogP contribution in [-0.4, -0.2) is 41.1 Å². The SMILES string of the molecule is Cc1noc(C)c1C(C)C(=O)N1CC(C)NC(C)C1. The Morgan fingerprint density at radius 3 is 2.42 bits per heavy atom. The molecule has 3 unspecified atom stereocenters. The fourth-order valence-electron chi connectivity index (χ4n) is 3.01. The van der Waals surface area contributed by atoms with E-state index in [2.05, 4.69) is 24.3 Å². The van der Waals surface area contributed by atoms with Crippen LogP contribution in [0.15, 0.2) is 4.52 Å². The molecule has 1 aromatic rings. The Bertz CT molecular complexity index is 440. The lowest BCUT2D eigenvalue weighted by Gasteiger charge is -2.37. The number of piperazine rings is 1. The molecule has 1 N–H and O–H groups in total. The maximum absolute atomic E-state index is 12.6. The molecule has 2 rings (SSSR count). The fourth-order valence-corrected chi connectivity index (χ4v) is 3.01. The normalized spacial score (nSPS) is 25.4. The van der Waals surface area contributed by atoms with E-state index in [4.69, 9.17) is 4.52 Å². The molecule has 0 spiro atoms. The number of carbonyl (C=O) groups excluding carboxylic acids is 1. The van der Waals surface area contributed by atoms with Crippen LogP contribution < -0.4 is 5.32 Å². The van der Waals surface area contributed by atoms with E-state index < -0.39 is 0 Å². The summed E-state index contributed by atoms with van der Waals surface area (Å²) in [6.07, 6.45) is 0. The van der Waals surface area contributed by atoms with Gasteiger partial charge >= 0.3 is 0 Å². The molecule has 19 heavy (non-hydrogen) atoms. The van der Waals surface area contributed by atoms with Gasteiger partial charge in [0.05, 0.1) is 11.6 Å². The van der Waals surface area contributed by atoms with Crippen LogP contribution in [-0.2, 0) is 4.79 Å². The van der Waals surface area contributed by atoms with Crippen molar-refractivity contribution < 1.29 is 9.32 Å². The Morgan fingerprint density at radius 2 is 1.95 bits per heavy atom. The first-order valence-corrected chi connectivity index (χ1v) is 6.87. The van der Waals surface area contributed by atoms with E-state index in [1.165, 1.54) is 0 Å². The van der Waals surface area contributed by atoms with Crippen molar-refractivity contribution in [2.75, 3.05) is 13.1 Å². The van der Waals surface area contributed by atoms with Gasteiger partial charge in [0.25, 0.3) is 0 Å². The summed E-state index contributed by atoms with van der Waals surface area (Å²) < 4.78 is 5.16. The zero-order valence-corrected chi connectivity index (χ0v) is 12.4. The first-order valence-electron chi connectivity index (χ1n) is 6.87. The minimum absolute atomic E-state index is 0.162. The van der Waals surface area contributed by atoms with Crippen molar-refractivity contribution in [3.05, 3.63) is 17.0 Å². The Balaban J connectivity index is 2.15. The van der Waals surface area contributed by atoms with E-state index in [1.54, 1.807) is 0 Å². The molecular weight excluding hydrogens is 242 g/mol. The van der Waals surface area contributed by atoms with Crippen LogP contribution in [0.2, 0.25) is 0 Å². The highest BCUT2D eigenvalue weighted by Gasteiger charge is 2.31. The number of aryl methyl sites for hydroxylation is 2. The molecule has 0 radical (unpaired) electrons. The second-order valence-corrected chi connectivity index (χ2v) is 5.67. The lowest BCUT2D eigenvalue weighted by Crippen LogP contribution is -2.56. The van der Waals surface area contributed by atoms with Gasteiger partial charge in [0.15, 0.2) is 0 Å².